The number of nitrogen functional groups attached to an aromatic ring is 1. The topological polar surface area (TPSA) is 51.8 Å². The highest BCUT2D eigenvalue weighted by atomic mass is 19.1. The molecule has 2 N–H and O–H groups in total. The molecule has 1 aromatic heterocycles. The van der Waals surface area contributed by atoms with E-state index in [1.807, 2.05) is 0 Å². The first-order chi connectivity index (χ1) is 7.20. The summed E-state index contributed by atoms with van der Waals surface area (Å²) in [5.74, 6) is -1.59. The summed E-state index contributed by atoms with van der Waals surface area (Å²) in [5.41, 5.74) is 5.18. The van der Waals surface area contributed by atoms with Gasteiger partial charge in [0.05, 0.1) is 5.69 Å². The van der Waals surface area contributed by atoms with Crippen LogP contribution in [0.2, 0.25) is 0 Å². The second kappa shape index (κ2) is 3.61. The minimum Gasteiger partial charge on any atom is -0.394 e. The van der Waals surface area contributed by atoms with Crippen molar-refractivity contribution >= 4 is 5.69 Å². The van der Waals surface area contributed by atoms with E-state index in [0.717, 1.165) is 6.07 Å². The van der Waals surface area contributed by atoms with Crippen molar-refractivity contribution in [2.24, 2.45) is 0 Å². The van der Waals surface area contributed by atoms with Crippen molar-refractivity contribution in [1.82, 2.24) is 10.2 Å². The summed E-state index contributed by atoms with van der Waals surface area (Å²) in [7, 11) is 0. The van der Waals surface area contributed by atoms with Crippen molar-refractivity contribution in [1.29, 1.82) is 0 Å². The number of anilines is 1. The zero-order valence-corrected chi connectivity index (χ0v) is 7.61. The van der Waals surface area contributed by atoms with Crippen molar-refractivity contribution < 1.29 is 8.78 Å². The second-order valence-electron chi connectivity index (χ2n) is 2.93. The van der Waals surface area contributed by atoms with Crippen LogP contribution >= 0.6 is 0 Å². The summed E-state index contributed by atoms with van der Waals surface area (Å²) in [5, 5.41) is 7.32. The summed E-state index contributed by atoms with van der Waals surface area (Å²) in [6.45, 7) is 0. The largest absolute Gasteiger partial charge is 0.394 e. The fourth-order valence-electron chi connectivity index (χ4n) is 1.21. The molecule has 0 saturated carbocycles. The van der Waals surface area contributed by atoms with E-state index in [0.29, 0.717) is 5.69 Å². The Bertz CT molecular complexity index is 486. The normalized spacial score (nSPS) is 10.3. The predicted octanol–water partition coefficient (Wildman–Crippen LogP) is 2.00. The predicted molar refractivity (Wildman–Crippen MR) is 51.8 cm³/mol. The molecule has 5 heteroatoms. The molecule has 2 aromatic rings. The van der Waals surface area contributed by atoms with Crippen LogP contribution in [0, 0.1) is 11.6 Å². The molecule has 3 nitrogen and oxygen atoms in total. The smallest absolute Gasteiger partial charge is 0.158 e. The zero-order chi connectivity index (χ0) is 10.8. The molecular weight excluding hydrogens is 200 g/mol. The number of benzene rings is 1. The van der Waals surface area contributed by atoms with E-state index in [1.165, 1.54) is 12.3 Å². The Labute approximate surface area is 84.6 Å². The molecular formula is C10H7F2N3. The van der Waals surface area contributed by atoms with E-state index < -0.39 is 17.3 Å². The van der Waals surface area contributed by atoms with Gasteiger partial charge in [0.15, 0.2) is 5.82 Å². The summed E-state index contributed by atoms with van der Waals surface area (Å²) < 4.78 is 26.4. The number of halogens is 2. The van der Waals surface area contributed by atoms with E-state index in [4.69, 9.17) is 5.73 Å². The second-order valence-corrected chi connectivity index (χ2v) is 2.93. The van der Waals surface area contributed by atoms with Crippen molar-refractivity contribution in [3.8, 4) is 11.3 Å². The van der Waals surface area contributed by atoms with Crippen LogP contribution in [-0.2, 0) is 0 Å². The van der Waals surface area contributed by atoms with Crippen LogP contribution in [-0.4, -0.2) is 10.2 Å². The Morgan fingerprint density at radius 1 is 1.13 bits per heavy atom. The number of aromatic nitrogens is 2. The fraction of sp³-hybridized carbons (Fsp3) is 0. The van der Waals surface area contributed by atoms with E-state index in [2.05, 4.69) is 10.2 Å². The van der Waals surface area contributed by atoms with E-state index in [1.54, 1.807) is 12.1 Å². The maximum absolute atomic E-state index is 13.5. The Kier molecular flexibility index (Phi) is 2.29. The summed E-state index contributed by atoms with van der Waals surface area (Å²) >= 11 is 0. The molecule has 0 fully saturated rings. The van der Waals surface area contributed by atoms with Gasteiger partial charge in [-0.3, -0.25) is 0 Å². The summed E-state index contributed by atoms with van der Waals surface area (Å²) in [4.78, 5) is 0. The average Bonchev–Trinajstić information content (AvgIpc) is 2.27. The number of hydrogen-bond acceptors (Lipinski definition) is 3. The van der Waals surface area contributed by atoms with Gasteiger partial charge in [-0.05, 0) is 24.3 Å². The third-order valence-corrected chi connectivity index (χ3v) is 1.97. The van der Waals surface area contributed by atoms with Crippen molar-refractivity contribution in [3.05, 3.63) is 42.1 Å². The molecule has 0 amide bonds. The highest BCUT2D eigenvalue weighted by Crippen LogP contribution is 2.25. The first-order valence-electron chi connectivity index (χ1n) is 4.21. The lowest BCUT2D eigenvalue weighted by atomic mass is 10.1. The SMILES string of the molecule is Nc1c(F)ccc(-c2cccnn2)c1F. The van der Waals surface area contributed by atoms with Crippen LogP contribution in [0.4, 0.5) is 14.5 Å². The maximum Gasteiger partial charge on any atom is 0.158 e. The minimum atomic E-state index is -0.810. The highest BCUT2D eigenvalue weighted by molar-refractivity contribution is 5.65. The lowest BCUT2D eigenvalue weighted by molar-refractivity contribution is 0.593. The van der Waals surface area contributed by atoms with E-state index in [9.17, 15) is 8.78 Å². The molecule has 0 atom stereocenters. The molecule has 15 heavy (non-hydrogen) atoms. The summed E-state index contributed by atoms with van der Waals surface area (Å²) in [6.07, 6.45) is 1.47. The van der Waals surface area contributed by atoms with E-state index in [-0.39, 0.29) is 5.56 Å². The van der Waals surface area contributed by atoms with Gasteiger partial charge in [-0.15, -0.1) is 0 Å². The van der Waals surface area contributed by atoms with Crippen LogP contribution in [0.3, 0.4) is 0 Å². The molecule has 2 rings (SSSR count). The van der Waals surface area contributed by atoms with Crippen LogP contribution in [0.1, 0.15) is 0 Å². The molecule has 0 aliphatic heterocycles. The lowest BCUT2D eigenvalue weighted by Crippen LogP contribution is -1.98. The van der Waals surface area contributed by atoms with Crippen LogP contribution in [0.5, 0.6) is 0 Å². The van der Waals surface area contributed by atoms with Gasteiger partial charge >= 0.3 is 0 Å². The van der Waals surface area contributed by atoms with Gasteiger partial charge in [0.1, 0.15) is 11.5 Å². The van der Waals surface area contributed by atoms with Gasteiger partial charge < -0.3 is 5.73 Å². The molecule has 1 heterocycles. The Balaban J connectivity index is 2.60. The molecule has 0 saturated heterocycles. The van der Waals surface area contributed by atoms with Crippen LogP contribution < -0.4 is 5.73 Å². The molecule has 0 unspecified atom stereocenters. The van der Waals surface area contributed by atoms with Gasteiger partial charge in [-0.1, -0.05) is 0 Å². The molecule has 0 aliphatic rings. The average molecular weight is 207 g/mol. The number of nitrogens with two attached hydrogens (primary N) is 1. The minimum absolute atomic E-state index is 0.141. The van der Waals surface area contributed by atoms with Crippen molar-refractivity contribution in [3.63, 3.8) is 0 Å². The number of nitrogens with zero attached hydrogens (tertiary/aromatic N) is 2. The molecule has 0 bridgehead atoms. The third-order valence-electron chi connectivity index (χ3n) is 1.97. The highest BCUT2D eigenvalue weighted by Gasteiger charge is 2.12. The number of hydrogen-bond donors (Lipinski definition) is 1. The first kappa shape index (κ1) is 9.51. The molecule has 0 aliphatic carbocycles. The zero-order valence-electron chi connectivity index (χ0n) is 7.61. The molecule has 0 radical (unpaired) electrons. The van der Waals surface area contributed by atoms with Gasteiger partial charge in [0.2, 0.25) is 0 Å². The Morgan fingerprint density at radius 3 is 2.60 bits per heavy atom. The van der Waals surface area contributed by atoms with Crippen molar-refractivity contribution in [2.75, 3.05) is 5.73 Å². The quantitative estimate of drug-likeness (QED) is 0.727. The van der Waals surface area contributed by atoms with E-state index >= 15 is 0 Å². The molecule has 1 aromatic carbocycles. The Morgan fingerprint density at radius 2 is 1.93 bits per heavy atom. The first-order valence-corrected chi connectivity index (χ1v) is 4.21. The van der Waals surface area contributed by atoms with Gasteiger partial charge in [0, 0.05) is 11.8 Å². The molecule has 0 spiro atoms. The number of rotatable bonds is 1. The Hall–Kier alpha value is -2.04. The van der Waals surface area contributed by atoms with Crippen LogP contribution in [0.15, 0.2) is 30.5 Å². The fourth-order valence-corrected chi connectivity index (χ4v) is 1.21. The maximum atomic E-state index is 13.5. The van der Waals surface area contributed by atoms with Gasteiger partial charge in [0.25, 0.3) is 0 Å². The summed E-state index contributed by atoms with van der Waals surface area (Å²) in [6, 6.07) is 5.57. The molecule has 76 valence electrons. The van der Waals surface area contributed by atoms with Gasteiger partial charge in [-0.2, -0.15) is 10.2 Å². The van der Waals surface area contributed by atoms with Crippen LogP contribution in [0.25, 0.3) is 11.3 Å². The van der Waals surface area contributed by atoms with Crippen molar-refractivity contribution in [2.45, 2.75) is 0 Å². The lowest BCUT2D eigenvalue weighted by Gasteiger charge is -2.04. The standard InChI is InChI=1S/C10H7F2N3/c11-7-4-3-6(9(12)10(7)13)8-2-1-5-14-15-8/h1-5H,13H2. The van der Waals surface area contributed by atoms with Gasteiger partial charge in [-0.25, -0.2) is 8.78 Å². The third kappa shape index (κ3) is 1.63. The monoisotopic (exact) mass is 207 g/mol.